The average molecular weight is 253 g/mol. The summed E-state index contributed by atoms with van der Waals surface area (Å²) < 4.78 is 61.2. The normalized spacial score (nSPS) is 12.2. The number of carbonyl (C=O) groups is 1. The number of sulfonamides is 1. The molecular weight excluding hydrogens is 247 g/mol. The summed E-state index contributed by atoms with van der Waals surface area (Å²) in [5.41, 5.74) is -1.32. The SMILES string of the molecule is O=CNS(=O)(=O)c1ccccc1C(F)(F)F. The Morgan fingerprint density at radius 2 is 1.75 bits per heavy atom. The fourth-order valence-corrected chi connectivity index (χ4v) is 2.05. The quantitative estimate of drug-likeness (QED) is 0.821. The number of amides is 1. The molecule has 0 saturated heterocycles. The second kappa shape index (κ2) is 4.12. The van der Waals surface area contributed by atoms with Gasteiger partial charge in [-0.3, -0.25) is 9.52 Å². The lowest BCUT2D eigenvalue weighted by molar-refractivity contribution is -0.139. The number of hydrogen-bond donors (Lipinski definition) is 1. The minimum Gasteiger partial charge on any atom is -0.278 e. The zero-order valence-corrected chi connectivity index (χ0v) is 8.47. The van der Waals surface area contributed by atoms with E-state index in [1.807, 2.05) is 0 Å². The Kier molecular flexibility index (Phi) is 3.22. The Morgan fingerprint density at radius 1 is 1.19 bits per heavy atom. The van der Waals surface area contributed by atoms with Crippen LogP contribution in [-0.2, 0) is 21.0 Å². The Hall–Kier alpha value is -1.57. The lowest BCUT2D eigenvalue weighted by Gasteiger charge is -2.11. The van der Waals surface area contributed by atoms with Crippen LogP contribution in [0.1, 0.15) is 5.56 Å². The number of rotatable bonds is 3. The van der Waals surface area contributed by atoms with Crippen LogP contribution < -0.4 is 4.72 Å². The number of carbonyl (C=O) groups excluding carboxylic acids is 1. The van der Waals surface area contributed by atoms with E-state index in [1.54, 1.807) is 0 Å². The number of benzene rings is 1. The van der Waals surface area contributed by atoms with Crippen molar-refractivity contribution in [2.45, 2.75) is 11.1 Å². The second-order valence-corrected chi connectivity index (χ2v) is 4.42. The van der Waals surface area contributed by atoms with Gasteiger partial charge in [0.15, 0.2) is 0 Å². The largest absolute Gasteiger partial charge is 0.417 e. The van der Waals surface area contributed by atoms with Gasteiger partial charge in [-0.1, -0.05) is 12.1 Å². The van der Waals surface area contributed by atoms with Crippen molar-refractivity contribution in [3.8, 4) is 0 Å². The van der Waals surface area contributed by atoms with Crippen LogP contribution in [0.4, 0.5) is 13.2 Å². The minimum atomic E-state index is -4.80. The average Bonchev–Trinajstić information content (AvgIpc) is 2.16. The van der Waals surface area contributed by atoms with Crippen LogP contribution >= 0.6 is 0 Å². The predicted octanol–water partition coefficient (Wildman–Crippen LogP) is 1.14. The first-order chi connectivity index (χ1) is 7.29. The zero-order valence-electron chi connectivity index (χ0n) is 7.65. The molecule has 0 aliphatic heterocycles. The molecule has 1 aromatic rings. The molecule has 88 valence electrons. The molecule has 1 aromatic carbocycles. The number of alkyl halides is 3. The minimum absolute atomic E-state index is 0.192. The molecule has 0 aromatic heterocycles. The van der Waals surface area contributed by atoms with E-state index in [2.05, 4.69) is 0 Å². The molecule has 0 aliphatic carbocycles. The molecule has 0 saturated carbocycles. The summed E-state index contributed by atoms with van der Waals surface area (Å²) in [7, 11) is -4.46. The molecule has 0 spiro atoms. The van der Waals surface area contributed by atoms with Crippen molar-refractivity contribution in [1.29, 1.82) is 0 Å². The molecule has 8 heteroatoms. The standard InChI is InChI=1S/C8H6F3NO3S/c9-8(10,11)6-3-1-2-4-7(6)16(14,15)12-5-13/h1-5H,(H,12,13). The molecule has 0 aliphatic rings. The van der Waals surface area contributed by atoms with Crippen LogP contribution in [0.15, 0.2) is 29.2 Å². The zero-order chi connectivity index (χ0) is 12.4. The summed E-state index contributed by atoms with van der Waals surface area (Å²) in [4.78, 5) is 9.01. The van der Waals surface area contributed by atoms with Gasteiger partial charge >= 0.3 is 6.18 Å². The predicted molar refractivity (Wildman–Crippen MR) is 47.8 cm³/mol. The summed E-state index contributed by atoms with van der Waals surface area (Å²) >= 11 is 0. The van der Waals surface area contributed by atoms with Crippen molar-refractivity contribution >= 4 is 16.4 Å². The van der Waals surface area contributed by atoms with Crippen molar-refractivity contribution in [2.24, 2.45) is 0 Å². The molecule has 0 unspecified atom stereocenters. The summed E-state index contributed by atoms with van der Waals surface area (Å²) in [6.07, 6.45) is -4.99. The van der Waals surface area contributed by atoms with Gasteiger partial charge in [-0.25, -0.2) is 8.42 Å². The Balaban J connectivity index is 3.41. The first-order valence-corrected chi connectivity index (χ1v) is 5.39. The summed E-state index contributed by atoms with van der Waals surface area (Å²) in [6, 6.07) is 3.59. The highest BCUT2D eigenvalue weighted by atomic mass is 32.2. The van der Waals surface area contributed by atoms with Crippen molar-refractivity contribution in [2.75, 3.05) is 0 Å². The monoisotopic (exact) mass is 253 g/mol. The molecule has 0 fully saturated rings. The maximum Gasteiger partial charge on any atom is 0.417 e. The van der Waals surface area contributed by atoms with Crippen molar-refractivity contribution < 1.29 is 26.4 Å². The van der Waals surface area contributed by atoms with Gasteiger partial charge in [-0.15, -0.1) is 0 Å². The molecular formula is C8H6F3NO3S. The Labute approximate surface area is 89.1 Å². The third-order valence-electron chi connectivity index (χ3n) is 1.69. The van der Waals surface area contributed by atoms with Gasteiger partial charge < -0.3 is 0 Å². The van der Waals surface area contributed by atoms with Gasteiger partial charge in [0.05, 0.1) is 10.5 Å². The van der Waals surface area contributed by atoms with E-state index in [4.69, 9.17) is 0 Å². The smallest absolute Gasteiger partial charge is 0.278 e. The van der Waals surface area contributed by atoms with Gasteiger partial charge in [0.2, 0.25) is 6.41 Å². The van der Waals surface area contributed by atoms with Crippen LogP contribution in [0, 0.1) is 0 Å². The van der Waals surface area contributed by atoms with Crippen LogP contribution in [0.2, 0.25) is 0 Å². The molecule has 0 bridgehead atoms. The third kappa shape index (κ3) is 2.51. The lowest BCUT2D eigenvalue weighted by Crippen LogP contribution is -2.24. The van der Waals surface area contributed by atoms with Gasteiger partial charge in [0, 0.05) is 0 Å². The van der Waals surface area contributed by atoms with E-state index in [-0.39, 0.29) is 6.41 Å². The van der Waals surface area contributed by atoms with Crippen LogP contribution in [0.3, 0.4) is 0 Å². The molecule has 0 atom stereocenters. The van der Waals surface area contributed by atoms with Gasteiger partial charge in [-0.05, 0) is 12.1 Å². The van der Waals surface area contributed by atoms with Gasteiger partial charge in [0.25, 0.3) is 10.0 Å². The van der Waals surface area contributed by atoms with Crippen molar-refractivity contribution in [3.63, 3.8) is 0 Å². The maximum absolute atomic E-state index is 12.4. The van der Waals surface area contributed by atoms with Crippen LogP contribution in [-0.4, -0.2) is 14.8 Å². The third-order valence-corrected chi connectivity index (χ3v) is 3.03. The molecule has 1 amide bonds. The molecule has 0 radical (unpaired) electrons. The first kappa shape index (κ1) is 12.5. The van der Waals surface area contributed by atoms with E-state index in [1.165, 1.54) is 4.72 Å². The van der Waals surface area contributed by atoms with E-state index in [9.17, 15) is 26.4 Å². The van der Waals surface area contributed by atoms with Crippen LogP contribution in [0.25, 0.3) is 0 Å². The van der Waals surface area contributed by atoms with E-state index < -0.39 is 26.7 Å². The molecule has 1 N–H and O–H groups in total. The Morgan fingerprint density at radius 3 is 2.25 bits per heavy atom. The van der Waals surface area contributed by atoms with Gasteiger partial charge in [-0.2, -0.15) is 13.2 Å². The van der Waals surface area contributed by atoms with Crippen LogP contribution in [0.5, 0.6) is 0 Å². The molecule has 4 nitrogen and oxygen atoms in total. The Bertz CT molecular complexity index is 495. The topological polar surface area (TPSA) is 63.2 Å². The lowest BCUT2D eigenvalue weighted by atomic mass is 10.2. The molecule has 0 heterocycles. The highest BCUT2D eigenvalue weighted by Crippen LogP contribution is 2.33. The second-order valence-electron chi connectivity index (χ2n) is 2.73. The fourth-order valence-electron chi connectivity index (χ4n) is 1.06. The van der Waals surface area contributed by atoms with E-state index in [0.29, 0.717) is 6.07 Å². The maximum atomic E-state index is 12.4. The number of nitrogens with one attached hydrogen (secondary N) is 1. The summed E-state index contributed by atoms with van der Waals surface area (Å²) in [5, 5.41) is 0. The number of hydrogen-bond acceptors (Lipinski definition) is 3. The highest BCUT2D eigenvalue weighted by Gasteiger charge is 2.36. The highest BCUT2D eigenvalue weighted by molar-refractivity contribution is 7.90. The number of halogens is 3. The van der Waals surface area contributed by atoms with Gasteiger partial charge in [0.1, 0.15) is 0 Å². The summed E-state index contributed by atoms with van der Waals surface area (Å²) in [5.74, 6) is 0. The van der Waals surface area contributed by atoms with E-state index >= 15 is 0 Å². The van der Waals surface area contributed by atoms with Crippen molar-refractivity contribution in [3.05, 3.63) is 29.8 Å². The van der Waals surface area contributed by atoms with E-state index in [0.717, 1.165) is 18.2 Å². The fraction of sp³-hybridized carbons (Fsp3) is 0.125. The molecule has 16 heavy (non-hydrogen) atoms. The summed E-state index contributed by atoms with van der Waals surface area (Å²) in [6.45, 7) is 0. The van der Waals surface area contributed by atoms with Crippen molar-refractivity contribution in [1.82, 2.24) is 4.72 Å². The molecule has 1 rings (SSSR count). The first-order valence-electron chi connectivity index (χ1n) is 3.91.